The third kappa shape index (κ3) is 19.6. The van der Waals surface area contributed by atoms with Gasteiger partial charge in [-0.3, -0.25) is 57.5 Å². The summed E-state index contributed by atoms with van der Waals surface area (Å²) in [5.41, 5.74) is -1.67. The Morgan fingerprint density at radius 3 is 1.85 bits per heavy atom. The molecule has 7 fully saturated rings. The van der Waals surface area contributed by atoms with Crippen molar-refractivity contribution in [1.82, 2.24) is 60.0 Å². The molecule has 3 N–H and O–H groups in total. The number of nitrogens with zero attached hydrogens (tertiary/aromatic N) is 9. The maximum absolute atomic E-state index is 15.5. The van der Waals surface area contributed by atoms with Crippen molar-refractivity contribution in [3.05, 3.63) is 12.2 Å². The minimum absolute atomic E-state index is 0.0210. The Balaban J connectivity index is 1.19. The molecule has 8 aliphatic rings. The van der Waals surface area contributed by atoms with E-state index in [1.54, 1.807) is 39.8 Å². The molecule has 8 rings (SSSR count). The summed E-state index contributed by atoms with van der Waals surface area (Å²) >= 11 is 0. The number of fused-ring (bicyclic) bond motifs is 3. The van der Waals surface area contributed by atoms with Crippen molar-refractivity contribution in [3.8, 4) is 0 Å². The number of rotatable bonds is 12. The third-order valence-corrected chi connectivity index (χ3v) is 23.9. The summed E-state index contributed by atoms with van der Waals surface area (Å²) in [6, 6.07) is -11.1. The van der Waals surface area contributed by atoms with E-state index in [0.29, 0.717) is 58.0 Å². The summed E-state index contributed by atoms with van der Waals surface area (Å²) in [4.78, 5) is 191. The highest BCUT2D eigenvalue weighted by atomic mass is 19.4. The number of hydrogen-bond donors (Lipinski definition) is 3. The van der Waals surface area contributed by atoms with Gasteiger partial charge in [0.2, 0.25) is 76.8 Å². The molecule has 4 saturated carbocycles. The highest BCUT2D eigenvalue weighted by Crippen LogP contribution is 2.45. The zero-order valence-electron chi connectivity index (χ0n) is 62.6. The van der Waals surface area contributed by atoms with Crippen LogP contribution in [-0.4, -0.2) is 288 Å². The van der Waals surface area contributed by atoms with Gasteiger partial charge in [0.05, 0.1) is 25.6 Å². The van der Waals surface area contributed by atoms with Gasteiger partial charge in [0.15, 0.2) is 0 Å². The molecule has 3 saturated heterocycles. The molecule has 1 spiro atoms. The molecule has 4 heterocycles. The standard InChI is InChI=1S/C73H111F7N12O13/c1-11-43(4)60-68(102)85(6)42-58(95)87(8)52-23-15-14-18-34-91(67(52)101)55(37-44-26-30-72(76,77)31-27-44)65(99)84(5)41-56(93)81-50(25-24-45-35-48(74)59(49(75)36-45)73(78,79)80)64(98)92-40-47(105-13-3)38-53(92)63(97)83-71(28-19-29-71)70(104)89(10)61(46-21-16-17-22-46)69(103)88(9)54(66(100)90-32-20-33-90)39-57(94)86(7)51(12-2)62(96)82-60/h14-15,43-55,59-61H,11-13,16-42H2,1-10H3,(H,81,93)(H,82,96)(H,83,97)/b15-14-/t43-,45?,47+,48?,49?,50-,51-,52-,53-,54-,55-,59?,60-,61-/m0/s1. The van der Waals surface area contributed by atoms with Gasteiger partial charge in [0.25, 0.3) is 0 Å². The quantitative estimate of drug-likeness (QED) is 0.165. The average Bonchev–Trinajstić information content (AvgIpc) is 1.72. The Labute approximate surface area is 611 Å². The molecule has 25 nitrogen and oxygen atoms in total. The molecule has 2 unspecified atom stereocenters. The fraction of sp³-hybridized carbons (Fsp3) is 0.808. The second-order valence-corrected chi connectivity index (χ2v) is 30.9. The molecule has 0 radical (unpaired) electrons. The van der Waals surface area contributed by atoms with E-state index < -0.39 is 237 Å². The normalized spacial score (nSPS) is 32.3. The summed E-state index contributed by atoms with van der Waals surface area (Å²) < 4.78 is 108. The number of amides is 12. The van der Waals surface area contributed by atoms with Crippen molar-refractivity contribution < 1.29 is 93.0 Å². The Bertz CT molecular complexity index is 3170. The smallest absolute Gasteiger partial charge is 0.377 e. The average molecular weight is 1500 g/mol. The van der Waals surface area contributed by atoms with E-state index in [1.165, 1.54) is 61.9 Å². The van der Waals surface area contributed by atoms with Crippen molar-refractivity contribution in [3.63, 3.8) is 0 Å². The van der Waals surface area contributed by atoms with Crippen LogP contribution in [0.3, 0.4) is 0 Å². The van der Waals surface area contributed by atoms with Gasteiger partial charge in [-0.1, -0.05) is 52.2 Å². The number of carbonyl (C=O) groups is 12. The number of ether oxygens (including phenoxy) is 1. The first-order chi connectivity index (χ1) is 49.5. The molecular formula is C73H111F7N12O13. The molecule has 590 valence electrons. The van der Waals surface area contributed by atoms with Crippen molar-refractivity contribution in [2.45, 2.75) is 260 Å². The van der Waals surface area contributed by atoms with E-state index >= 15 is 37.5 Å². The van der Waals surface area contributed by atoms with Crippen molar-refractivity contribution in [2.24, 2.45) is 29.6 Å². The molecule has 105 heavy (non-hydrogen) atoms. The lowest BCUT2D eigenvalue weighted by Gasteiger charge is -2.47. The highest BCUT2D eigenvalue weighted by Gasteiger charge is 2.56. The molecule has 12 amide bonds. The molecule has 2 bridgehead atoms. The molecule has 32 heteroatoms. The molecule has 0 aromatic heterocycles. The van der Waals surface area contributed by atoms with Crippen LogP contribution in [0.1, 0.15) is 175 Å². The van der Waals surface area contributed by atoms with E-state index in [9.17, 15) is 50.7 Å². The lowest BCUT2D eigenvalue weighted by atomic mass is 9.74. The largest absolute Gasteiger partial charge is 0.397 e. The van der Waals surface area contributed by atoms with Gasteiger partial charge in [-0.2, -0.15) is 13.2 Å². The SMILES string of the molecule is CCO[C@@H]1C[C@H]2C(=O)NC3(CCC3)C(=O)N(C)[C@@H](C3CCCC3)C(=O)N(C)[C@H](C(=O)N3CCC3)CC(=O)N(C)[C@@H](CC)C(=O)N[C@@H]([C@@H](C)CC)C(=O)N(C)CC(=O)N(C)[C@H]3C/C=C\CCN(C3=O)[C@@H](CC3CCC(F)(F)CC3)C(=O)N(C)CC(=O)N[C@@H](CCC3CC(F)C(C(F)(F)F)C(F)C3)C(=O)N2C1. The summed E-state index contributed by atoms with van der Waals surface area (Å²) in [7, 11) is 8.10. The number of likely N-dealkylation sites (tertiary alicyclic amines) is 1. The first-order valence-electron chi connectivity index (χ1n) is 37.8. The summed E-state index contributed by atoms with van der Waals surface area (Å²) in [6.07, 6.45) is -8.10. The number of alkyl halides is 7. The fourth-order valence-electron chi connectivity index (χ4n) is 16.8. The van der Waals surface area contributed by atoms with Gasteiger partial charge in [-0.25, -0.2) is 17.6 Å². The number of likely N-dealkylation sites (N-methyl/N-ethyl adjacent to an activating group) is 6. The van der Waals surface area contributed by atoms with Crippen LogP contribution < -0.4 is 16.0 Å². The van der Waals surface area contributed by atoms with Gasteiger partial charge in [-0.05, 0) is 133 Å². The maximum atomic E-state index is 15.5. The Morgan fingerprint density at radius 1 is 0.638 bits per heavy atom. The van der Waals surface area contributed by atoms with Crippen molar-refractivity contribution >= 4 is 70.9 Å². The Kier molecular flexibility index (Phi) is 28.4. The van der Waals surface area contributed by atoms with Gasteiger partial charge in [-0.15, -0.1) is 0 Å². The van der Waals surface area contributed by atoms with E-state index in [0.717, 1.165) is 24.5 Å². The number of carbonyl (C=O) groups excluding carboxylic acids is 12. The zero-order valence-corrected chi connectivity index (χ0v) is 62.6. The van der Waals surface area contributed by atoms with E-state index in [2.05, 4.69) is 16.0 Å². The van der Waals surface area contributed by atoms with Crippen LogP contribution >= 0.6 is 0 Å². The van der Waals surface area contributed by atoms with Crippen LogP contribution in [0.4, 0.5) is 30.7 Å². The lowest BCUT2D eigenvalue weighted by Crippen LogP contribution is -2.68. The first kappa shape index (κ1) is 83.5. The fourth-order valence-corrected chi connectivity index (χ4v) is 16.8. The minimum atomic E-state index is -5.20. The van der Waals surface area contributed by atoms with Crippen LogP contribution in [0.5, 0.6) is 0 Å². The molecular weight excluding hydrogens is 1390 g/mol. The van der Waals surface area contributed by atoms with E-state index in [-0.39, 0.29) is 83.9 Å². The predicted octanol–water partition coefficient (Wildman–Crippen LogP) is 5.32. The molecule has 12 atom stereocenters. The molecule has 0 aromatic rings. The molecule has 0 aromatic carbocycles. The molecule has 4 aliphatic heterocycles. The second-order valence-electron chi connectivity index (χ2n) is 30.9. The summed E-state index contributed by atoms with van der Waals surface area (Å²) in [6.45, 7) is 5.72. The lowest BCUT2D eigenvalue weighted by molar-refractivity contribution is -0.219. The van der Waals surface area contributed by atoms with Crippen LogP contribution in [0.25, 0.3) is 0 Å². The third-order valence-electron chi connectivity index (χ3n) is 23.9. The van der Waals surface area contributed by atoms with Gasteiger partial charge >= 0.3 is 6.18 Å². The van der Waals surface area contributed by atoms with Crippen LogP contribution in [-0.2, 0) is 62.3 Å². The zero-order chi connectivity index (χ0) is 77.3. The molecule has 4 aliphatic carbocycles. The highest BCUT2D eigenvalue weighted by molar-refractivity contribution is 6.01. The second kappa shape index (κ2) is 35.7. The number of hydrogen-bond acceptors (Lipinski definition) is 13. The van der Waals surface area contributed by atoms with Crippen LogP contribution in [0.15, 0.2) is 12.2 Å². The van der Waals surface area contributed by atoms with E-state index in [1.807, 2.05) is 0 Å². The van der Waals surface area contributed by atoms with Crippen molar-refractivity contribution in [2.75, 3.05) is 88.2 Å². The number of halogens is 7. The first-order valence-corrected chi connectivity index (χ1v) is 37.8. The van der Waals surface area contributed by atoms with Gasteiger partial charge in [0.1, 0.15) is 72.1 Å². The van der Waals surface area contributed by atoms with Crippen molar-refractivity contribution in [1.29, 1.82) is 0 Å². The topological polar surface area (TPSA) is 279 Å². The van der Waals surface area contributed by atoms with Crippen LogP contribution in [0.2, 0.25) is 0 Å². The van der Waals surface area contributed by atoms with Gasteiger partial charge in [0, 0.05) is 94.3 Å². The van der Waals surface area contributed by atoms with E-state index in [4.69, 9.17) is 4.74 Å². The van der Waals surface area contributed by atoms with Gasteiger partial charge < -0.3 is 64.8 Å². The van der Waals surface area contributed by atoms with Crippen LogP contribution in [0, 0.1) is 29.6 Å². The Hall–Kier alpha value is -7.15. The predicted molar refractivity (Wildman–Crippen MR) is 370 cm³/mol. The summed E-state index contributed by atoms with van der Waals surface area (Å²) in [5, 5.41) is 8.41. The monoisotopic (exact) mass is 1500 g/mol. The number of nitrogens with one attached hydrogen (secondary N) is 3. The minimum Gasteiger partial charge on any atom is -0.377 e. The maximum Gasteiger partial charge on any atom is 0.397 e. The Morgan fingerprint density at radius 2 is 1.28 bits per heavy atom. The summed E-state index contributed by atoms with van der Waals surface area (Å²) in [5.74, 6) is -17.6.